The first kappa shape index (κ1) is 17.6. The van der Waals surface area contributed by atoms with E-state index < -0.39 is 12.0 Å². The van der Waals surface area contributed by atoms with Gasteiger partial charge >= 0.3 is 12.0 Å². The van der Waals surface area contributed by atoms with E-state index in [4.69, 9.17) is 9.47 Å². The van der Waals surface area contributed by atoms with Crippen LogP contribution in [0, 0.1) is 0 Å². The molecular formula is C18H22N2O4. The first-order valence-corrected chi connectivity index (χ1v) is 7.75. The van der Waals surface area contributed by atoms with Crippen molar-refractivity contribution < 1.29 is 19.1 Å². The van der Waals surface area contributed by atoms with E-state index in [1.165, 1.54) is 0 Å². The second-order valence-electron chi connectivity index (χ2n) is 5.69. The van der Waals surface area contributed by atoms with Crippen LogP contribution in [-0.2, 0) is 9.53 Å². The maximum atomic E-state index is 12.4. The third-order valence-corrected chi connectivity index (χ3v) is 3.41. The van der Waals surface area contributed by atoms with Gasteiger partial charge in [-0.05, 0) is 38.5 Å². The van der Waals surface area contributed by atoms with Crippen molar-refractivity contribution in [3.05, 3.63) is 53.8 Å². The Morgan fingerprint density at radius 2 is 2.00 bits per heavy atom. The topological polar surface area (TPSA) is 76.7 Å². The van der Waals surface area contributed by atoms with E-state index in [0.29, 0.717) is 23.6 Å². The zero-order valence-corrected chi connectivity index (χ0v) is 14.1. The molecule has 0 saturated carbocycles. The smallest absolute Gasteiger partial charge is 0.338 e. The lowest BCUT2D eigenvalue weighted by molar-refractivity contribution is -0.143. The normalized spacial score (nSPS) is 17.2. The Morgan fingerprint density at radius 3 is 2.58 bits per heavy atom. The molecular weight excluding hydrogens is 308 g/mol. The van der Waals surface area contributed by atoms with Crippen molar-refractivity contribution >= 4 is 12.0 Å². The van der Waals surface area contributed by atoms with Crippen LogP contribution in [0.2, 0.25) is 0 Å². The molecule has 2 N–H and O–H groups in total. The van der Waals surface area contributed by atoms with E-state index in [1.54, 1.807) is 39.0 Å². The first-order valence-electron chi connectivity index (χ1n) is 7.75. The molecule has 0 radical (unpaired) electrons. The number of ether oxygens (including phenoxy) is 2. The van der Waals surface area contributed by atoms with Gasteiger partial charge in [0.1, 0.15) is 12.4 Å². The van der Waals surface area contributed by atoms with E-state index in [-0.39, 0.29) is 12.1 Å². The van der Waals surface area contributed by atoms with Crippen LogP contribution >= 0.6 is 0 Å². The number of benzene rings is 1. The van der Waals surface area contributed by atoms with Crippen molar-refractivity contribution in [2.24, 2.45) is 0 Å². The summed E-state index contributed by atoms with van der Waals surface area (Å²) in [5, 5.41) is 5.38. The average Bonchev–Trinajstić information content (AvgIpc) is 2.51. The van der Waals surface area contributed by atoms with Crippen LogP contribution in [0.25, 0.3) is 0 Å². The highest BCUT2D eigenvalue weighted by Gasteiger charge is 2.32. The Labute approximate surface area is 141 Å². The molecule has 1 aliphatic heterocycles. The molecule has 24 heavy (non-hydrogen) atoms. The summed E-state index contributed by atoms with van der Waals surface area (Å²) in [6.07, 6.45) is 1.42. The van der Waals surface area contributed by atoms with E-state index in [9.17, 15) is 9.59 Å². The Bertz CT molecular complexity index is 662. The van der Waals surface area contributed by atoms with E-state index in [0.717, 1.165) is 5.56 Å². The molecule has 1 heterocycles. The second kappa shape index (κ2) is 7.68. The molecule has 0 aromatic heterocycles. The molecule has 0 saturated heterocycles. The van der Waals surface area contributed by atoms with Gasteiger partial charge in [0.15, 0.2) is 0 Å². The number of hydrogen-bond acceptors (Lipinski definition) is 4. The van der Waals surface area contributed by atoms with Crippen molar-refractivity contribution in [2.75, 3.05) is 6.61 Å². The van der Waals surface area contributed by atoms with Gasteiger partial charge in [-0.15, -0.1) is 0 Å². The van der Waals surface area contributed by atoms with Crippen LogP contribution in [0.1, 0.15) is 32.4 Å². The molecule has 0 bridgehead atoms. The number of amides is 2. The lowest BCUT2D eigenvalue weighted by Crippen LogP contribution is -2.45. The SMILES string of the molecule is C=CCOc1ccc([C@H]2NC(=O)NC(C)=C2C(=O)OC(C)C)cc1. The molecule has 128 valence electrons. The maximum absolute atomic E-state index is 12.4. The highest BCUT2D eigenvalue weighted by molar-refractivity contribution is 5.95. The molecule has 1 atom stereocenters. The van der Waals surface area contributed by atoms with Crippen LogP contribution in [0.15, 0.2) is 48.2 Å². The van der Waals surface area contributed by atoms with E-state index in [2.05, 4.69) is 17.2 Å². The van der Waals surface area contributed by atoms with Gasteiger partial charge in [-0.2, -0.15) is 0 Å². The highest BCUT2D eigenvalue weighted by Crippen LogP contribution is 2.29. The van der Waals surface area contributed by atoms with Crippen LogP contribution < -0.4 is 15.4 Å². The standard InChI is InChI=1S/C18H22N2O4/c1-5-10-23-14-8-6-13(7-9-14)16-15(17(21)24-11(2)3)12(4)19-18(22)20-16/h5-9,11,16H,1,10H2,2-4H3,(H2,19,20,22)/t16-/m1/s1. The Morgan fingerprint density at radius 1 is 1.33 bits per heavy atom. The maximum Gasteiger partial charge on any atom is 0.338 e. The summed E-state index contributed by atoms with van der Waals surface area (Å²) in [6.45, 7) is 9.26. The fourth-order valence-corrected chi connectivity index (χ4v) is 2.40. The van der Waals surface area contributed by atoms with Crippen molar-refractivity contribution in [1.82, 2.24) is 10.6 Å². The number of rotatable bonds is 6. The predicted octanol–water partition coefficient (Wildman–Crippen LogP) is 2.83. The number of esters is 1. The van der Waals surface area contributed by atoms with Crippen LogP contribution in [0.3, 0.4) is 0 Å². The fourth-order valence-electron chi connectivity index (χ4n) is 2.40. The molecule has 1 aliphatic rings. The van der Waals surface area contributed by atoms with Gasteiger partial charge in [-0.3, -0.25) is 0 Å². The molecule has 0 unspecified atom stereocenters. The molecule has 2 rings (SSSR count). The Hall–Kier alpha value is -2.76. The fraction of sp³-hybridized carbons (Fsp3) is 0.333. The molecule has 0 aliphatic carbocycles. The average molecular weight is 330 g/mol. The number of urea groups is 1. The number of carbonyl (C=O) groups excluding carboxylic acids is 2. The third-order valence-electron chi connectivity index (χ3n) is 3.41. The summed E-state index contributed by atoms with van der Waals surface area (Å²) in [5.74, 6) is 0.234. The minimum atomic E-state index is -0.571. The summed E-state index contributed by atoms with van der Waals surface area (Å²) < 4.78 is 10.7. The van der Waals surface area contributed by atoms with Gasteiger partial charge in [0.2, 0.25) is 0 Å². The second-order valence-corrected chi connectivity index (χ2v) is 5.69. The minimum absolute atomic E-state index is 0.245. The molecule has 6 heteroatoms. The third kappa shape index (κ3) is 4.16. The number of nitrogens with one attached hydrogen (secondary N) is 2. The quantitative estimate of drug-likeness (QED) is 0.621. The zero-order valence-electron chi connectivity index (χ0n) is 14.1. The summed E-state index contributed by atoms with van der Waals surface area (Å²) >= 11 is 0. The van der Waals surface area contributed by atoms with Crippen LogP contribution in [-0.4, -0.2) is 24.7 Å². The van der Waals surface area contributed by atoms with Gasteiger partial charge in [0.25, 0.3) is 0 Å². The highest BCUT2D eigenvalue weighted by atomic mass is 16.5. The molecule has 2 amide bonds. The van der Waals surface area contributed by atoms with Gasteiger partial charge in [-0.25, -0.2) is 9.59 Å². The molecule has 6 nitrogen and oxygen atoms in total. The van der Waals surface area contributed by atoms with Gasteiger partial charge in [-0.1, -0.05) is 24.8 Å². The van der Waals surface area contributed by atoms with Crippen molar-refractivity contribution in [3.8, 4) is 5.75 Å². The van der Waals surface area contributed by atoms with E-state index >= 15 is 0 Å². The Balaban J connectivity index is 2.30. The summed E-state index contributed by atoms with van der Waals surface area (Å²) in [4.78, 5) is 24.2. The number of allylic oxidation sites excluding steroid dienone is 1. The minimum Gasteiger partial charge on any atom is -0.490 e. The van der Waals surface area contributed by atoms with Gasteiger partial charge < -0.3 is 20.1 Å². The molecule has 1 aromatic rings. The summed E-state index contributed by atoms with van der Waals surface area (Å²) in [5.41, 5.74) is 1.65. The first-order chi connectivity index (χ1) is 11.4. The van der Waals surface area contributed by atoms with E-state index in [1.807, 2.05) is 12.1 Å². The van der Waals surface area contributed by atoms with Crippen molar-refractivity contribution in [3.63, 3.8) is 0 Å². The van der Waals surface area contributed by atoms with Crippen LogP contribution in [0.5, 0.6) is 5.75 Å². The number of hydrogen-bond donors (Lipinski definition) is 2. The lowest BCUT2D eigenvalue weighted by atomic mass is 9.95. The van der Waals surface area contributed by atoms with Gasteiger partial charge in [0, 0.05) is 5.70 Å². The van der Waals surface area contributed by atoms with Gasteiger partial charge in [0.05, 0.1) is 17.7 Å². The summed E-state index contributed by atoms with van der Waals surface area (Å²) in [6, 6.07) is 6.26. The lowest BCUT2D eigenvalue weighted by Gasteiger charge is -2.28. The molecule has 0 fully saturated rings. The largest absolute Gasteiger partial charge is 0.490 e. The predicted molar refractivity (Wildman–Crippen MR) is 90.5 cm³/mol. The molecule has 1 aromatic carbocycles. The monoisotopic (exact) mass is 330 g/mol. The number of carbonyl (C=O) groups is 2. The Kier molecular flexibility index (Phi) is 5.63. The van der Waals surface area contributed by atoms with Crippen LogP contribution in [0.4, 0.5) is 4.79 Å². The summed E-state index contributed by atoms with van der Waals surface area (Å²) in [7, 11) is 0. The van der Waals surface area contributed by atoms with Crippen molar-refractivity contribution in [1.29, 1.82) is 0 Å². The zero-order chi connectivity index (χ0) is 17.7. The molecule has 0 spiro atoms. The van der Waals surface area contributed by atoms with Crippen molar-refractivity contribution in [2.45, 2.75) is 32.9 Å².